The average Bonchev–Trinajstić information content (AvgIpc) is 3.52. The zero-order valence-corrected chi connectivity index (χ0v) is 28.3. The molecule has 1 aromatic heterocycles. The fraction of sp³-hybridized carbons (Fsp3) is 0.0638. The standard InChI is InChI=1S/C47H32N4/c1-47(2)40-20-8-12-25-45(40)51(46-26-13-9-21-41(46)47)33-28-31(34-15-4-5-16-35(34)36-19-14-22-42(49-3)39(36)30-48)27-32(29-33)50-43-23-10-6-17-37(43)38-18-7-11-24-44(38)50/h4-29H,1-2H3. The van der Waals surface area contributed by atoms with Crippen LogP contribution >= 0.6 is 0 Å². The molecule has 0 atom stereocenters. The normalized spacial score (nSPS) is 13.0. The average molecular weight is 653 g/mol. The summed E-state index contributed by atoms with van der Waals surface area (Å²) in [4.78, 5) is 6.09. The maximum atomic E-state index is 10.3. The minimum atomic E-state index is -0.189. The summed E-state index contributed by atoms with van der Waals surface area (Å²) in [5.41, 5.74) is 13.4. The Balaban J connectivity index is 1.38. The van der Waals surface area contributed by atoms with E-state index in [-0.39, 0.29) is 5.41 Å². The SMILES string of the molecule is [C-]#[N+]c1cccc(-c2ccccc2-c2cc(N3c4ccccc4C(C)(C)c4ccccc43)cc(-n3c4ccccc4c4ccccc43)c2)c1C#N. The molecule has 0 bridgehead atoms. The number of hydrogen-bond donors (Lipinski definition) is 0. The van der Waals surface area contributed by atoms with Crippen molar-refractivity contribution in [3.63, 3.8) is 0 Å². The van der Waals surface area contributed by atoms with Gasteiger partial charge in [-0.15, -0.1) is 0 Å². The minimum Gasteiger partial charge on any atom is -0.310 e. The Morgan fingerprint density at radius 1 is 0.569 bits per heavy atom. The zero-order valence-electron chi connectivity index (χ0n) is 28.3. The minimum absolute atomic E-state index is 0.189. The van der Waals surface area contributed by atoms with Gasteiger partial charge in [0.25, 0.3) is 0 Å². The van der Waals surface area contributed by atoms with Crippen LogP contribution in [0.15, 0.2) is 158 Å². The van der Waals surface area contributed by atoms with Crippen LogP contribution in [0.3, 0.4) is 0 Å². The molecule has 0 fully saturated rings. The quantitative estimate of drug-likeness (QED) is 0.177. The number of nitriles is 1. The van der Waals surface area contributed by atoms with Crippen molar-refractivity contribution in [2.24, 2.45) is 0 Å². The molecule has 4 heteroatoms. The molecule has 0 spiro atoms. The third-order valence-corrected chi connectivity index (χ3v) is 10.4. The first-order chi connectivity index (χ1) is 25.0. The van der Waals surface area contributed by atoms with E-state index in [9.17, 15) is 5.26 Å². The summed E-state index contributed by atoms with van der Waals surface area (Å²) in [6.07, 6.45) is 0. The first-order valence-corrected chi connectivity index (χ1v) is 17.1. The largest absolute Gasteiger partial charge is 0.310 e. The van der Waals surface area contributed by atoms with Crippen molar-refractivity contribution in [3.8, 4) is 34.0 Å². The maximum absolute atomic E-state index is 10.3. The lowest BCUT2D eigenvalue weighted by Gasteiger charge is -2.42. The molecule has 0 amide bonds. The highest BCUT2D eigenvalue weighted by molar-refractivity contribution is 6.09. The fourth-order valence-electron chi connectivity index (χ4n) is 8.10. The van der Waals surface area contributed by atoms with Crippen molar-refractivity contribution in [1.82, 2.24) is 4.57 Å². The summed E-state index contributed by atoms with van der Waals surface area (Å²) in [7, 11) is 0. The molecule has 1 aliphatic heterocycles. The van der Waals surface area contributed by atoms with E-state index >= 15 is 0 Å². The van der Waals surface area contributed by atoms with Gasteiger partial charge in [0.15, 0.2) is 0 Å². The second kappa shape index (κ2) is 11.6. The monoisotopic (exact) mass is 652 g/mol. The predicted octanol–water partition coefficient (Wildman–Crippen LogP) is 12.6. The maximum Gasteiger partial charge on any atom is 0.205 e. The molecule has 0 radical (unpaired) electrons. The molecule has 4 nitrogen and oxygen atoms in total. The van der Waals surface area contributed by atoms with Crippen molar-refractivity contribution in [3.05, 3.63) is 186 Å². The van der Waals surface area contributed by atoms with E-state index in [1.54, 1.807) is 6.07 Å². The van der Waals surface area contributed by atoms with Crippen LogP contribution in [0.2, 0.25) is 0 Å². The second-order valence-electron chi connectivity index (χ2n) is 13.6. The Labute approximate surface area is 297 Å². The predicted molar refractivity (Wildman–Crippen MR) is 209 cm³/mol. The number of anilines is 3. The van der Waals surface area contributed by atoms with Crippen molar-refractivity contribution in [1.29, 1.82) is 5.26 Å². The van der Waals surface area contributed by atoms with Gasteiger partial charge in [-0.05, 0) is 75.8 Å². The highest BCUT2D eigenvalue weighted by atomic mass is 15.2. The summed E-state index contributed by atoms with van der Waals surface area (Å²) >= 11 is 0. The first-order valence-electron chi connectivity index (χ1n) is 17.1. The molecule has 0 saturated carbocycles. The lowest BCUT2D eigenvalue weighted by Crippen LogP contribution is -2.30. The molecule has 1 aliphatic rings. The summed E-state index contributed by atoms with van der Waals surface area (Å²) in [6.45, 7) is 12.4. The highest BCUT2D eigenvalue weighted by Crippen LogP contribution is 2.52. The Morgan fingerprint density at radius 3 is 1.73 bits per heavy atom. The van der Waals surface area contributed by atoms with Gasteiger partial charge in [-0.1, -0.05) is 129 Å². The van der Waals surface area contributed by atoms with Crippen LogP contribution in [0.1, 0.15) is 30.5 Å². The lowest BCUT2D eigenvalue weighted by atomic mass is 9.73. The number of fused-ring (bicyclic) bond motifs is 5. The van der Waals surface area contributed by atoms with Crippen LogP contribution in [0.4, 0.5) is 22.7 Å². The third kappa shape index (κ3) is 4.58. The Kier molecular flexibility index (Phi) is 6.88. The summed E-state index contributed by atoms with van der Waals surface area (Å²) in [6, 6.07) is 57.6. The van der Waals surface area contributed by atoms with Crippen LogP contribution in [0, 0.1) is 17.9 Å². The number of aromatic nitrogens is 1. The van der Waals surface area contributed by atoms with Gasteiger partial charge in [-0.3, -0.25) is 0 Å². The molecule has 2 heterocycles. The van der Waals surface area contributed by atoms with Crippen LogP contribution in [0.5, 0.6) is 0 Å². The highest BCUT2D eigenvalue weighted by Gasteiger charge is 2.36. The lowest BCUT2D eigenvalue weighted by molar-refractivity contribution is 0.632. The number of para-hydroxylation sites is 4. The summed E-state index contributed by atoms with van der Waals surface area (Å²) in [5.74, 6) is 0. The van der Waals surface area contributed by atoms with Crippen LogP contribution in [-0.2, 0) is 5.41 Å². The van der Waals surface area contributed by atoms with Crippen molar-refractivity contribution >= 4 is 44.6 Å². The van der Waals surface area contributed by atoms with E-state index in [4.69, 9.17) is 6.57 Å². The fourth-order valence-corrected chi connectivity index (χ4v) is 8.10. The van der Waals surface area contributed by atoms with Gasteiger partial charge in [0.05, 0.1) is 40.6 Å². The number of benzene rings is 7. The molecule has 0 aliphatic carbocycles. The van der Waals surface area contributed by atoms with Gasteiger partial charge in [0, 0.05) is 27.6 Å². The molecule has 0 N–H and O–H groups in total. The van der Waals surface area contributed by atoms with E-state index in [0.717, 1.165) is 56.0 Å². The Hall–Kier alpha value is -6.88. The molecular formula is C47H32N4. The van der Waals surface area contributed by atoms with Crippen LogP contribution in [-0.4, -0.2) is 4.57 Å². The molecule has 0 unspecified atom stereocenters. The first kappa shape index (κ1) is 30.2. The van der Waals surface area contributed by atoms with Crippen molar-refractivity contribution < 1.29 is 0 Å². The number of rotatable bonds is 4. The smallest absolute Gasteiger partial charge is 0.205 e. The van der Waals surface area contributed by atoms with Gasteiger partial charge in [0.1, 0.15) is 0 Å². The van der Waals surface area contributed by atoms with Crippen molar-refractivity contribution in [2.75, 3.05) is 4.90 Å². The second-order valence-corrected chi connectivity index (χ2v) is 13.6. The molecule has 8 aromatic rings. The number of nitrogens with zero attached hydrogens (tertiary/aromatic N) is 4. The summed E-state index contributed by atoms with van der Waals surface area (Å²) < 4.78 is 2.37. The van der Waals surface area contributed by atoms with Gasteiger partial charge in [0.2, 0.25) is 5.69 Å². The summed E-state index contributed by atoms with van der Waals surface area (Å²) in [5, 5.41) is 12.7. The molecule has 0 saturated heterocycles. The molecule has 7 aromatic carbocycles. The Morgan fingerprint density at radius 2 is 1.10 bits per heavy atom. The number of hydrogen-bond acceptors (Lipinski definition) is 2. The molecule has 9 rings (SSSR count). The van der Waals surface area contributed by atoms with Gasteiger partial charge in [-0.25, -0.2) is 4.85 Å². The topological polar surface area (TPSA) is 36.3 Å². The van der Waals surface area contributed by atoms with Crippen LogP contribution < -0.4 is 4.90 Å². The molecule has 51 heavy (non-hydrogen) atoms. The van der Waals surface area contributed by atoms with E-state index in [1.165, 1.54) is 21.9 Å². The third-order valence-electron chi connectivity index (χ3n) is 10.4. The van der Waals surface area contributed by atoms with E-state index in [1.807, 2.05) is 24.3 Å². The van der Waals surface area contributed by atoms with Gasteiger partial charge in [-0.2, -0.15) is 5.26 Å². The van der Waals surface area contributed by atoms with Gasteiger partial charge >= 0.3 is 0 Å². The molecular weight excluding hydrogens is 621 g/mol. The van der Waals surface area contributed by atoms with Gasteiger partial charge < -0.3 is 9.47 Å². The van der Waals surface area contributed by atoms with E-state index in [0.29, 0.717) is 11.3 Å². The van der Waals surface area contributed by atoms with E-state index in [2.05, 4.69) is 162 Å². The van der Waals surface area contributed by atoms with Crippen LogP contribution in [0.25, 0.3) is 54.6 Å². The Bertz CT molecular complexity index is 2670. The van der Waals surface area contributed by atoms with E-state index < -0.39 is 0 Å². The molecule has 240 valence electrons. The van der Waals surface area contributed by atoms with Crippen molar-refractivity contribution in [2.45, 2.75) is 19.3 Å². The zero-order chi connectivity index (χ0) is 34.7.